The van der Waals surface area contributed by atoms with Crippen molar-refractivity contribution >= 4 is 11.6 Å². The Morgan fingerprint density at radius 1 is 1.24 bits per heavy atom. The van der Waals surface area contributed by atoms with Crippen molar-refractivity contribution in [1.82, 2.24) is 10.3 Å². The molecule has 1 unspecified atom stereocenters. The topological polar surface area (TPSA) is 42.0 Å². The number of carbonyl (C=O) groups excluding carboxylic acids is 1. The molecule has 0 aromatic carbocycles. The third kappa shape index (κ3) is 5.83. The molecule has 0 saturated heterocycles. The van der Waals surface area contributed by atoms with Gasteiger partial charge in [-0.05, 0) is 56.6 Å². The molecule has 1 N–H and O–H groups in total. The Labute approximate surface area is 172 Å². The van der Waals surface area contributed by atoms with Crippen molar-refractivity contribution in [2.24, 2.45) is 11.3 Å². The Morgan fingerprint density at radius 2 is 1.90 bits per heavy atom. The summed E-state index contributed by atoms with van der Waals surface area (Å²) in [6.07, 6.45) is 1.25. The molecule has 1 amide bonds. The molecule has 162 valence electrons. The molecule has 1 fully saturated rings. The van der Waals surface area contributed by atoms with Gasteiger partial charge in [0, 0.05) is 22.6 Å². The molecule has 3 nitrogen and oxygen atoms in total. The van der Waals surface area contributed by atoms with Crippen molar-refractivity contribution in [1.29, 1.82) is 0 Å². The number of hydrogen-bond donors (Lipinski definition) is 1. The molecule has 6 heteroatoms. The standard InChI is InChI=1S/C23H33F3N2O/c1-6-13-22(7-2,14-12-15(3)4)21(29)27-16(5)18-10-11-19(23(24,25)26)28-20(18)17-8-9-17/h10-11,15,17H,5-9,12-14H2,1-4H3,(H,27,29). The van der Waals surface area contributed by atoms with Gasteiger partial charge in [-0.3, -0.25) is 4.79 Å². The number of rotatable bonds is 10. The molecular formula is C23H33F3N2O. The van der Waals surface area contributed by atoms with Gasteiger partial charge in [-0.25, -0.2) is 4.98 Å². The molecule has 0 radical (unpaired) electrons. The highest BCUT2D eigenvalue weighted by molar-refractivity contribution is 5.90. The van der Waals surface area contributed by atoms with E-state index in [-0.39, 0.29) is 11.8 Å². The molecule has 1 aliphatic rings. The molecule has 1 heterocycles. The SMILES string of the molecule is C=C(NC(=O)C(CC)(CCC)CCC(C)C)c1ccc(C(F)(F)F)nc1C1CC1. The lowest BCUT2D eigenvalue weighted by atomic mass is 9.74. The second kappa shape index (κ2) is 9.31. The fourth-order valence-corrected chi connectivity index (χ4v) is 3.80. The van der Waals surface area contributed by atoms with E-state index >= 15 is 0 Å². The minimum absolute atomic E-state index is 0.00784. The van der Waals surface area contributed by atoms with E-state index in [2.05, 4.69) is 37.7 Å². The molecule has 0 aliphatic heterocycles. The zero-order valence-electron chi connectivity index (χ0n) is 18.0. The highest BCUT2D eigenvalue weighted by Gasteiger charge is 2.38. The van der Waals surface area contributed by atoms with Crippen molar-refractivity contribution in [2.45, 2.75) is 84.7 Å². The Balaban J connectivity index is 2.26. The summed E-state index contributed by atoms with van der Waals surface area (Å²) in [7, 11) is 0. The third-order valence-electron chi connectivity index (χ3n) is 5.86. The molecule has 29 heavy (non-hydrogen) atoms. The van der Waals surface area contributed by atoms with E-state index in [1.807, 2.05) is 6.92 Å². The Hall–Kier alpha value is -1.85. The predicted octanol–water partition coefficient (Wildman–Crippen LogP) is 6.70. The number of nitrogens with zero attached hydrogens (tertiary/aromatic N) is 1. The van der Waals surface area contributed by atoms with Crippen LogP contribution in [-0.4, -0.2) is 10.9 Å². The van der Waals surface area contributed by atoms with Crippen LogP contribution in [0.15, 0.2) is 18.7 Å². The Bertz CT molecular complexity index is 738. The Kier molecular flexibility index (Phi) is 7.52. The van der Waals surface area contributed by atoms with Gasteiger partial charge in [0.2, 0.25) is 5.91 Å². The van der Waals surface area contributed by atoms with Crippen LogP contribution in [0, 0.1) is 11.3 Å². The van der Waals surface area contributed by atoms with Gasteiger partial charge in [-0.1, -0.05) is 40.7 Å². The van der Waals surface area contributed by atoms with E-state index in [1.165, 1.54) is 6.07 Å². The second-order valence-electron chi connectivity index (χ2n) is 8.65. The fourth-order valence-electron chi connectivity index (χ4n) is 3.80. The molecule has 1 saturated carbocycles. The smallest absolute Gasteiger partial charge is 0.326 e. The summed E-state index contributed by atoms with van der Waals surface area (Å²) in [6, 6.07) is 2.37. The lowest BCUT2D eigenvalue weighted by Crippen LogP contribution is -2.40. The van der Waals surface area contributed by atoms with Gasteiger partial charge < -0.3 is 5.32 Å². The number of aromatic nitrogens is 1. The Morgan fingerprint density at radius 3 is 2.38 bits per heavy atom. The normalized spacial score (nSPS) is 16.6. The summed E-state index contributed by atoms with van der Waals surface area (Å²) in [5.74, 6) is 0.414. The molecule has 2 rings (SSSR count). The third-order valence-corrected chi connectivity index (χ3v) is 5.86. The van der Waals surface area contributed by atoms with Gasteiger partial charge in [-0.15, -0.1) is 0 Å². The zero-order valence-corrected chi connectivity index (χ0v) is 18.0. The first-order valence-corrected chi connectivity index (χ1v) is 10.6. The number of pyridine rings is 1. The molecule has 1 aromatic rings. The van der Waals surface area contributed by atoms with Crippen LogP contribution < -0.4 is 5.32 Å². The quantitative estimate of drug-likeness (QED) is 0.466. The summed E-state index contributed by atoms with van der Waals surface area (Å²) in [4.78, 5) is 17.1. The van der Waals surface area contributed by atoms with Gasteiger partial charge in [0.1, 0.15) is 5.69 Å². The first kappa shape index (κ1) is 23.4. The summed E-state index contributed by atoms with van der Waals surface area (Å²) in [5.41, 5.74) is -0.130. The first-order valence-electron chi connectivity index (χ1n) is 10.6. The van der Waals surface area contributed by atoms with Gasteiger partial charge in [0.05, 0.1) is 5.69 Å². The molecule has 1 aromatic heterocycles. The number of halogens is 3. The van der Waals surface area contributed by atoms with Gasteiger partial charge in [0.15, 0.2) is 0 Å². The van der Waals surface area contributed by atoms with E-state index in [4.69, 9.17) is 0 Å². The number of nitrogens with one attached hydrogen (secondary N) is 1. The van der Waals surface area contributed by atoms with Crippen molar-refractivity contribution < 1.29 is 18.0 Å². The number of amides is 1. The molecule has 0 bridgehead atoms. The largest absolute Gasteiger partial charge is 0.433 e. The van der Waals surface area contributed by atoms with Crippen LogP contribution in [0.5, 0.6) is 0 Å². The average Bonchev–Trinajstić information content (AvgIpc) is 3.48. The number of hydrogen-bond acceptors (Lipinski definition) is 2. The number of alkyl halides is 3. The minimum Gasteiger partial charge on any atom is -0.326 e. The molecular weight excluding hydrogens is 377 g/mol. The van der Waals surface area contributed by atoms with E-state index in [0.717, 1.165) is 44.6 Å². The summed E-state index contributed by atoms with van der Waals surface area (Å²) in [5, 5.41) is 2.92. The minimum atomic E-state index is -4.48. The van der Waals surface area contributed by atoms with Crippen molar-refractivity contribution in [3.05, 3.63) is 35.7 Å². The molecule has 0 spiro atoms. The maximum Gasteiger partial charge on any atom is 0.433 e. The van der Waals surface area contributed by atoms with Gasteiger partial charge in [0.25, 0.3) is 0 Å². The van der Waals surface area contributed by atoms with Crippen LogP contribution in [0.2, 0.25) is 0 Å². The average molecular weight is 411 g/mol. The van der Waals surface area contributed by atoms with E-state index in [1.54, 1.807) is 0 Å². The monoisotopic (exact) mass is 410 g/mol. The van der Waals surface area contributed by atoms with Crippen LogP contribution in [0.25, 0.3) is 5.70 Å². The lowest BCUT2D eigenvalue weighted by molar-refractivity contribution is -0.141. The van der Waals surface area contributed by atoms with Crippen LogP contribution in [0.3, 0.4) is 0 Å². The van der Waals surface area contributed by atoms with Crippen LogP contribution in [0.1, 0.15) is 95.5 Å². The fraction of sp³-hybridized carbons (Fsp3) is 0.652. The maximum absolute atomic E-state index is 13.2. The van der Waals surface area contributed by atoms with Crippen molar-refractivity contribution in [3.63, 3.8) is 0 Å². The van der Waals surface area contributed by atoms with Gasteiger partial charge >= 0.3 is 6.18 Å². The highest BCUT2D eigenvalue weighted by atomic mass is 19.4. The predicted molar refractivity (Wildman–Crippen MR) is 110 cm³/mol. The van der Waals surface area contributed by atoms with Crippen LogP contribution in [-0.2, 0) is 11.0 Å². The van der Waals surface area contributed by atoms with Crippen molar-refractivity contribution in [3.8, 4) is 0 Å². The van der Waals surface area contributed by atoms with E-state index in [0.29, 0.717) is 29.3 Å². The van der Waals surface area contributed by atoms with Gasteiger partial charge in [-0.2, -0.15) is 13.2 Å². The maximum atomic E-state index is 13.2. The van der Waals surface area contributed by atoms with E-state index in [9.17, 15) is 18.0 Å². The molecule has 1 atom stereocenters. The lowest BCUT2D eigenvalue weighted by Gasteiger charge is -2.32. The first-order chi connectivity index (χ1) is 13.5. The highest BCUT2D eigenvalue weighted by Crippen LogP contribution is 2.43. The van der Waals surface area contributed by atoms with Crippen LogP contribution in [0.4, 0.5) is 13.2 Å². The number of carbonyl (C=O) groups is 1. The molecule has 1 aliphatic carbocycles. The van der Waals surface area contributed by atoms with E-state index < -0.39 is 17.3 Å². The summed E-state index contributed by atoms with van der Waals surface area (Å²) in [6.45, 7) is 12.3. The zero-order chi connectivity index (χ0) is 21.8. The van der Waals surface area contributed by atoms with Crippen LogP contribution >= 0.6 is 0 Å². The van der Waals surface area contributed by atoms with Crippen molar-refractivity contribution in [2.75, 3.05) is 0 Å². The summed E-state index contributed by atoms with van der Waals surface area (Å²) < 4.78 is 39.2. The second-order valence-corrected chi connectivity index (χ2v) is 8.65. The summed E-state index contributed by atoms with van der Waals surface area (Å²) >= 11 is 0.